The first-order valence-electron chi connectivity index (χ1n) is 14.4. The number of allylic oxidation sites excluding steroid dienone is 4. The smallest absolute Gasteiger partial charge is 0.203 e. The van der Waals surface area contributed by atoms with E-state index >= 15 is 0 Å². The van der Waals surface area contributed by atoms with Crippen molar-refractivity contribution in [1.29, 1.82) is 0 Å². The van der Waals surface area contributed by atoms with Crippen LogP contribution in [0.25, 0.3) is 0 Å². The maximum Gasteiger partial charge on any atom is 0.203 e. The zero-order valence-corrected chi connectivity index (χ0v) is 22.8. The van der Waals surface area contributed by atoms with Crippen molar-refractivity contribution in [3.63, 3.8) is 0 Å². The van der Waals surface area contributed by atoms with Gasteiger partial charge in [0.2, 0.25) is 5.89 Å². The molecule has 0 amide bonds. The Morgan fingerprint density at radius 2 is 1.97 bits per heavy atom. The van der Waals surface area contributed by atoms with Crippen LogP contribution in [0.3, 0.4) is 0 Å². The van der Waals surface area contributed by atoms with Crippen LogP contribution >= 0.6 is 0 Å². The predicted molar refractivity (Wildman–Crippen MR) is 146 cm³/mol. The van der Waals surface area contributed by atoms with E-state index in [1.165, 1.54) is 31.3 Å². The Bertz CT molecular complexity index is 1090. The highest BCUT2D eigenvalue weighted by molar-refractivity contribution is 5.38. The molecular weight excluding hydrogens is 462 g/mol. The molecule has 1 aromatic rings. The van der Waals surface area contributed by atoms with Crippen LogP contribution in [0.1, 0.15) is 90.2 Å². The molecule has 0 aliphatic heterocycles. The van der Waals surface area contributed by atoms with E-state index in [0.29, 0.717) is 36.5 Å². The third-order valence-corrected chi connectivity index (χ3v) is 10.2. The van der Waals surface area contributed by atoms with E-state index in [-0.39, 0.29) is 10.8 Å². The van der Waals surface area contributed by atoms with Crippen molar-refractivity contribution in [3.05, 3.63) is 65.5 Å². The molecule has 3 N–H and O–H groups in total. The Morgan fingerprint density at radius 3 is 2.68 bits per heavy atom. The maximum absolute atomic E-state index is 11.1. The Kier molecular flexibility index (Phi) is 7.43. The van der Waals surface area contributed by atoms with Gasteiger partial charge in [0.1, 0.15) is 5.76 Å². The second-order valence-electron chi connectivity index (χ2n) is 12.5. The fourth-order valence-electron chi connectivity index (χ4n) is 7.68. The first-order valence-corrected chi connectivity index (χ1v) is 14.4. The highest BCUT2D eigenvalue weighted by Crippen LogP contribution is 2.60. The van der Waals surface area contributed by atoms with Gasteiger partial charge in [0, 0.05) is 12.8 Å². The summed E-state index contributed by atoms with van der Waals surface area (Å²) in [5.74, 6) is 3.10. The minimum Gasteiger partial charge on any atom is -0.445 e. The van der Waals surface area contributed by atoms with Gasteiger partial charge in [0.05, 0.1) is 29.9 Å². The van der Waals surface area contributed by atoms with Crippen LogP contribution in [0.4, 0.5) is 0 Å². The van der Waals surface area contributed by atoms with E-state index in [1.54, 1.807) is 6.20 Å². The first-order chi connectivity index (χ1) is 17.7. The number of fused-ring (bicyclic) bond motifs is 1. The minimum absolute atomic E-state index is 0.246. The van der Waals surface area contributed by atoms with Crippen molar-refractivity contribution in [1.82, 2.24) is 4.98 Å². The fourth-order valence-corrected chi connectivity index (χ4v) is 7.68. The van der Waals surface area contributed by atoms with Gasteiger partial charge < -0.3 is 19.7 Å². The molecule has 1 heterocycles. The average Bonchev–Trinajstić information content (AvgIpc) is 3.39. The van der Waals surface area contributed by atoms with Crippen LogP contribution in [-0.2, 0) is 11.8 Å². The second kappa shape index (κ2) is 10.3. The normalized spacial score (nSPS) is 37.3. The summed E-state index contributed by atoms with van der Waals surface area (Å²) in [6.07, 6.45) is 18.3. The average molecular weight is 508 g/mol. The van der Waals surface area contributed by atoms with Gasteiger partial charge in [0.15, 0.2) is 0 Å². The lowest BCUT2D eigenvalue weighted by Gasteiger charge is -2.44. The first kappa shape index (κ1) is 26.6. The number of aromatic nitrogens is 1. The standard InChI is InChI=1S/C32H45NO4/c1-5-25-19-33-30(37-25)32(15-16-32)29(36)13-8-20(2)26-11-12-27-22(7-6-14-31(26,27)4)9-10-23-17-24(34)18-28(35)21(23)3/h8-10,13,19-20,24,26-29,34-36H,3,5-7,11-12,14-18H2,1-2,4H3/t20-,24-,26-,27+,28+,29-,31-/m1/s1. The van der Waals surface area contributed by atoms with Gasteiger partial charge in [-0.25, -0.2) is 4.98 Å². The molecule has 4 aliphatic carbocycles. The van der Waals surface area contributed by atoms with Crippen molar-refractivity contribution in [3.8, 4) is 0 Å². The summed E-state index contributed by atoms with van der Waals surface area (Å²) in [7, 11) is 0. The molecule has 0 saturated heterocycles. The van der Waals surface area contributed by atoms with Gasteiger partial charge in [-0.05, 0) is 85.7 Å². The Balaban J connectivity index is 1.28. The summed E-state index contributed by atoms with van der Waals surface area (Å²) in [5.41, 5.74) is 3.15. The van der Waals surface area contributed by atoms with E-state index in [1.807, 2.05) is 6.08 Å². The van der Waals surface area contributed by atoms with Crippen LogP contribution in [0.15, 0.2) is 58.2 Å². The zero-order chi connectivity index (χ0) is 26.4. The molecule has 5 rings (SSSR count). The number of aryl methyl sites for hydroxylation is 1. The van der Waals surface area contributed by atoms with Gasteiger partial charge in [-0.15, -0.1) is 0 Å². The van der Waals surface area contributed by atoms with Crippen molar-refractivity contribution in [2.24, 2.45) is 23.2 Å². The molecule has 4 saturated carbocycles. The number of rotatable bonds is 7. The van der Waals surface area contributed by atoms with Crippen LogP contribution in [0, 0.1) is 23.2 Å². The molecule has 5 nitrogen and oxygen atoms in total. The van der Waals surface area contributed by atoms with E-state index in [0.717, 1.165) is 42.6 Å². The minimum atomic E-state index is -0.643. The number of oxazole rings is 1. The third kappa shape index (κ3) is 4.95. The summed E-state index contributed by atoms with van der Waals surface area (Å²) in [6.45, 7) is 10.9. The lowest BCUT2D eigenvalue weighted by molar-refractivity contribution is 0.0862. The van der Waals surface area contributed by atoms with Crippen molar-refractivity contribution in [2.75, 3.05) is 0 Å². The molecule has 0 radical (unpaired) electrons. The SMILES string of the molecule is C=C1C(=CC=C2CCC[C@]3(C)[C@@H]([C@H](C)C=C[C@@H](O)C4(c5ncc(CC)o5)CC4)CC[C@@H]23)C[C@@H](O)C[C@@H]1O. The van der Waals surface area contributed by atoms with Crippen LogP contribution in [0.5, 0.6) is 0 Å². The topological polar surface area (TPSA) is 86.7 Å². The molecule has 4 fully saturated rings. The van der Waals surface area contributed by atoms with Crippen LogP contribution in [-0.4, -0.2) is 38.6 Å². The Hall–Kier alpha value is -1.95. The molecule has 0 unspecified atom stereocenters. The molecule has 37 heavy (non-hydrogen) atoms. The summed E-state index contributed by atoms with van der Waals surface area (Å²) in [4.78, 5) is 4.48. The number of nitrogens with zero attached hydrogens (tertiary/aromatic N) is 1. The molecule has 0 aromatic carbocycles. The largest absolute Gasteiger partial charge is 0.445 e. The summed E-state index contributed by atoms with van der Waals surface area (Å²) >= 11 is 0. The fraction of sp³-hybridized carbons (Fsp3) is 0.656. The zero-order valence-electron chi connectivity index (χ0n) is 22.8. The lowest BCUT2D eigenvalue weighted by atomic mass is 9.61. The summed E-state index contributed by atoms with van der Waals surface area (Å²) in [6, 6.07) is 0. The molecule has 0 spiro atoms. The second-order valence-corrected chi connectivity index (χ2v) is 12.5. The Morgan fingerprint density at radius 1 is 1.19 bits per heavy atom. The molecule has 0 bridgehead atoms. The van der Waals surface area contributed by atoms with Crippen LogP contribution in [0.2, 0.25) is 0 Å². The monoisotopic (exact) mass is 507 g/mol. The molecule has 1 aromatic heterocycles. The highest BCUT2D eigenvalue weighted by atomic mass is 16.4. The van der Waals surface area contributed by atoms with Crippen molar-refractivity contribution < 1.29 is 19.7 Å². The summed E-state index contributed by atoms with van der Waals surface area (Å²) in [5, 5.41) is 31.4. The lowest BCUT2D eigenvalue weighted by Crippen LogP contribution is -2.35. The Labute approximate surface area is 222 Å². The third-order valence-electron chi connectivity index (χ3n) is 10.2. The molecule has 4 aliphatic rings. The molecular formula is C32H45NO4. The number of aliphatic hydroxyl groups excluding tert-OH is 3. The number of aliphatic hydroxyl groups is 3. The van der Waals surface area contributed by atoms with Gasteiger partial charge in [0.25, 0.3) is 0 Å². The van der Waals surface area contributed by atoms with E-state index in [9.17, 15) is 15.3 Å². The summed E-state index contributed by atoms with van der Waals surface area (Å²) < 4.78 is 5.92. The van der Waals surface area contributed by atoms with Crippen molar-refractivity contribution in [2.45, 2.75) is 109 Å². The quantitative estimate of drug-likeness (QED) is 0.396. The van der Waals surface area contributed by atoms with Gasteiger partial charge in [-0.3, -0.25) is 0 Å². The van der Waals surface area contributed by atoms with Crippen molar-refractivity contribution >= 4 is 0 Å². The molecule has 202 valence electrons. The van der Waals surface area contributed by atoms with Gasteiger partial charge in [-0.2, -0.15) is 0 Å². The van der Waals surface area contributed by atoms with Gasteiger partial charge >= 0.3 is 0 Å². The molecule has 7 atom stereocenters. The maximum atomic E-state index is 11.1. The van der Waals surface area contributed by atoms with E-state index in [2.05, 4.69) is 50.6 Å². The highest BCUT2D eigenvalue weighted by Gasteiger charge is 2.54. The molecule has 5 heteroatoms. The predicted octanol–water partition coefficient (Wildman–Crippen LogP) is 5.96. The number of hydrogen-bond acceptors (Lipinski definition) is 5. The van der Waals surface area contributed by atoms with Gasteiger partial charge in [-0.1, -0.05) is 57.2 Å². The van der Waals surface area contributed by atoms with Crippen LogP contribution < -0.4 is 0 Å². The number of hydrogen-bond donors (Lipinski definition) is 3. The van der Waals surface area contributed by atoms with E-state index in [4.69, 9.17) is 4.42 Å². The van der Waals surface area contributed by atoms with E-state index < -0.39 is 18.3 Å².